The van der Waals surface area contributed by atoms with Gasteiger partial charge in [-0.2, -0.15) is 0 Å². The molecule has 1 amide bonds. The van der Waals surface area contributed by atoms with E-state index in [4.69, 9.17) is 28.3 Å². The number of halogens is 2. The lowest BCUT2D eigenvalue weighted by Gasteiger charge is -2.21. The fraction of sp³-hybridized carbons (Fsp3) is 0.345. The number of amides is 1. The van der Waals surface area contributed by atoms with Crippen molar-refractivity contribution in [3.63, 3.8) is 0 Å². The number of carbonyl (C=O) groups excluding carboxylic acids is 1. The van der Waals surface area contributed by atoms with Gasteiger partial charge in [0.2, 0.25) is 0 Å². The van der Waals surface area contributed by atoms with Crippen molar-refractivity contribution in [2.75, 3.05) is 14.1 Å². The van der Waals surface area contributed by atoms with Crippen LogP contribution in [0.15, 0.2) is 63.9 Å². The summed E-state index contributed by atoms with van der Waals surface area (Å²) in [5.74, 6) is -0.208. The third kappa shape index (κ3) is 7.43. The smallest absolute Gasteiger partial charge is 0.259 e. The van der Waals surface area contributed by atoms with Gasteiger partial charge < -0.3 is 4.90 Å². The van der Waals surface area contributed by atoms with E-state index in [1.165, 1.54) is 0 Å². The lowest BCUT2D eigenvalue weighted by atomic mass is 9.84. The topological polar surface area (TPSA) is 75.8 Å². The van der Waals surface area contributed by atoms with Gasteiger partial charge >= 0.3 is 0 Å². The molecule has 1 atom stereocenters. The summed E-state index contributed by atoms with van der Waals surface area (Å²) in [6, 6.07) is 16.8. The van der Waals surface area contributed by atoms with Crippen LogP contribution in [0, 0.1) is 0 Å². The lowest BCUT2D eigenvalue weighted by Crippen LogP contribution is -2.17. The van der Waals surface area contributed by atoms with Crippen molar-refractivity contribution in [3.05, 3.63) is 86.9 Å². The molecule has 0 saturated heterocycles. The first-order chi connectivity index (χ1) is 17.3. The Morgan fingerprint density at radius 2 is 1.46 bits per heavy atom. The van der Waals surface area contributed by atoms with Crippen LogP contribution in [0.4, 0.5) is 0 Å². The molecule has 8 heteroatoms. The molecule has 0 aliphatic carbocycles. The van der Waals surface area contributed by atoms with Crippen LogP contribution >= 0.6 is 23.2 Å². The van der Waals surface area contributed by atoms with E-state index in [1.807, 2.05) is 43.3 Å². The molecule has 1 unspecified atom stereocenters. The van der Waals surface area contributed by atoms with Crippen LogP contribution in [0.1, 0.15) is 61.8 Å². The largest absolute Gasteiger partial charge is 0.305 e. The van der Waals surface area contributed by atoms with E-state index < -0.39 is 15.8 Å². The Bertz CT molecular complexity index is 1380. The Labute approximate surface area is 231 Å². The molecule has 3 aromatic carbocycles. The highest BCUT2D eigenvalue weighted by atomic mass is 35.5. The molecule has 0 aliphatic rings. The van der Waals surface area contributed by atoms with E-state index in [-0.39, 0.29) is 18.3 Å². The molecular formula is C29H35Cl2N3O2S. The van der Waals surface area contributed by atoms with Gasteiger partial charge in [0, 0.05) is 6.54 Å². The summed E-state index contributed by atoms with van der Waals surface area (Å²) in [4.78, 5) is 15.5. The van der Waals surface area contributed by atoms with Crippen molar-refractivity contribution >= 4 is 39.0 Å². The average Bonchev–Trinajstić information content (AvgIpc) is 2.80. The SMILES string of the molecule is CC(C)c1cc(-c2ccc(Cl)c(Cl)c2)cc(C(C)C)c1CC(=O)N=S(N)(=O)c1ccc(CN(C)C)cc1. The number of hydrogen-bond acceptors (Lipinski definition) is 3. The lowest BCUT2D eigenvalue weighted by molar-refractivity contribution is -0.117. The number of rotatable bonds is 8. The molecule has 37 heavy (non-hydrogen) atoms. The molecule has 0 bridgehead atoms. The van der Waals surface area contributed by atoms with Gasteiger partial charge in [0.25, 0.3) is 5.91 Å². The second-order valence-corrected chi connectivity index (χ2v) is 12.8. The minimum Gasteiger partial charge on any atom is -0.305 e. The van der Waals surface area contributed by atoms with Crippen molar-refractivity contribution in [3.8, 4) is 11.1 Å². The van der Waals surface area contributed by atoms with Crippen molar-refractivity contribution in [2.45, 2.75) is 57.4 Å². The molecule has 2 N–H and O–H groups in total. The van der Waals surface area contributed by atoms with Crippen LogP contribution < -0.4 is 5.14 Å². The first kappa shape index (κ1) is 29.3. The molecule has 0 aromatic heterocycles. The Kier molecular flexibility index (Phi) is 9.59. The second-order valence-electron chi connectivity index (χ2n) is 10.2. The second kappa shape index (κ2) is 12.1. The quantitative estimate of drug-likeness (QED) is 0.311. The van der Waals surface area contributed by atoms with Crippen LogP contribution in [0.25, 0.3) is 11.1 Å². The standard InChI is InChI=1S/C29H35Cl2N3O2S/c1-18(2)24-13-22(21-9-12-27(30)28(31)15-21)14-25(19(3)4)26(24)16-29(35)33-37(32,36)23-10-7-20(8-11-23)17-34(5)6/h7-15,18-19H,16-17H2,1-6H3,(H2,32,33,35,36). The number of nitrogens with zero attached hydrogens (tertiary/aromatic N) is 2. The molecule has 0 saturated carbocycles. The molecule has 3 rings (SSSR count). The van der Waals surface area contributed by atoms with Crippen LogP contribution in [-0.4, -0.2) is 29.1 Å². The van der Waals surface area contributed by atoms with Gasteiger partial charge in [-0.15, -0.1) is 4.36 Å². The van der Waals surface area contributed by atoms with Crippen LogP contribution in [0.2, 0.25) is 10.0 Å². The van der Waals surface area contributed by atoms with E-state index >= 15 is 0 Å². The van der Waals surface area contributed by atoms with E-state index in [1.54, 1.807) is 18.2 Å². The van der Waals surface area contributed by atoms with E-state index in [0.29, 0.717) is 14.9 Å². The zero-order valence-electron chi connectivity index (χ0n) is 22.2. The summed E-state index contributed by atoms with van der Waals surface area (Å²) in [5.41, 5.74) is 5.97. The summed E-state index contributed by atoms with van der Waals surface area (Å²) >= 11 is 12.4. The zero-order valence-corrected chi connectivity index (χ0v) is 24.5. The highest BCUT2D eigenvalue weighted by molar-refractivity contribution is 7.91. The minimum atomic E-state index is -3.37. The first-order valence-corrected chi connectivity index (χ1v) is 14.6. The van der Waals surface area contributed by atoms with Gasteiger partial charge in [-0.25, -0.2) is 9.35 Å². The minimum absolute atomic E-state index is 0.0234. The van der Waals surface area contributed by atoms with Gasteiger partial charge in [-0.1, -0.05) is 81.2 Å². The number of hydrogen-bond donors (Lipinski definition) is 1. The van der Waals surface area contributed by atoms with Crippen molar-refractivity contribution in [1.29, 1.82) is 0 Å². The normalized spacial score (nSPS) is 13.3. The molecule has 198 valence electrons. The van der Waals surface area contributed by atoms with Gasteiger partial charge in [0.15, 0.2) is 0 Å². The van der Waals surface area contributed by atoms with E-state index in [9.17, 15) is 9.00 Å². The van der Waals surface area contributed by atoms with Gasteiger partial charge in [-0.3, -0.25) is 4.79 Å². The third-order valence-electron chi connectivity index (χ3n) is 6.14. The highest BCUT2D eigenvalue weighted by Crippen LogP contribution is 2.36. The van der Waals surface area contributed by atoms with Crippen LogP contribution in [0.3, 0.4) is 0 Å². The number of benzene rings is 3. The predicted molar refractivity (Wildman–Crippen MR) is 156 cm³/mol. The van der Waals surface area contributed by atoms with Crippen molar-refractivity contribution in [2.24, 2.45) is 9.50 Å². The Hall–Kier alpha value is -2.22. The molecule has 0 fully saturated rings. The maximum Gasteiger partial charge on any atom is 0.259 e. The third-order valence-corrected chi connectivity index (χ3v) is 8.30. The van der Waals surface area contributed by atoms with Gasteiger partial charge in [0.1, 0.15) is 9.92 Å². The fourth-order valence-electron chi connectivity index (χ4n) is 4.34. The molecule has 0 heterocycles. The van der Waals surface area contributed by atoms with Gasteiger partial charge in [0.05, 0.1) is 21.4 Å². The first-order valence-electron chi connectivity index (χ1n) is 12.2. The van der Waals surface area contributed by atoms with E-state index in [2.05, 4.69) is 44.2 Å². The van der Waals surface area contributed by atoms with Crippen molar-refractivity contribution < 1.29 is 9.00 Å². The molecule has 0 spiro atoms. The maximum atomic E-state index is 13.2. The average molecular weight is 561 g/mol. The van der Waals surface area contributed by atoms with Crippen molar-refractivity contribution in [1.82, 2.24) is 4.90 Å². The summed E-state index contributed by atoms with van der Waals surface area (Å²) < 4.78 is 17.2. The molecular weight excluding hydrogens is 525 g/mol. The maximum absolute atomic E-state index is 13.2. The summed E-state index contributed by atoms with van der Waals surface area (Å²) in [5, 5.41) is 7.06. The van der Waals surface area contributed by atoms with Crippen LogP contribution in [0.5, 0.6) is 0 Å². The Morgan fingerprint density at radius 3 is 1.95 bits per heavy atom. The monoisotopic (exact) mass is 559 g/mol. The number of carbonyl (C=O) groups is 1. The Balaban J connectivity index is 2.01. The predicted octanol–water partition coefficient (Wildman–Crippen LogP) is 7.44. The Morgan fingerprint density at radius 1 is 0.892 bits per heavy atom. The zero-order chi connectivity index (χ0) is 27.5. The summed E-state index contributed by atoms with van der Waals surface area (Å²) in [6.07, 6.45) is 0.0234. The van der Waals surface area contributed by atoms with Gasteiger partial charge in [-0.05, 0) is 83.6 Å². The summed E-state index contributed by atoms with van der Waals surface area (Å²) in [7, 11) is 0.582. The number of nitrogens with two attached hydrogens (primary N) is 1. The highest BCUT2D eigenvalue weighted by Gasteiger charge is 2.20. The molecule has 0 radical (unpaired) electrons. The summed E-state index contributed by atoms with van der Waals surface area (Å²) in [6.45, 7) is 9.10. The molecule has 3 aromatic rings. The van der Waals surface area contributed by atoms with E-state index in [0.717, 1.165) is 39.9 Å². The van der Waals surface area contributed by atoms with Crippen LogP contribution in [-0.2, 0) is 27.7 Å². The molecule has 5 nitrogen and oxygen atoms in total. The fourth-order valence-corrected chi connectivity index (χ4v) is 5.63. The molecule has 0 aliphatic heterocycles.